The summed E-state index contributed by atoms with van der Waals surface area (Å²) in [5.41, 5.74) is 3.42. The van der Waals surface area contributed by atoms with E-state index in [9.17, 15) is 0 Å². The van der Waals surface area contributed by atoms with E-state index in [1.165, 1.54) is 69.3 Å². The molecule has 1 fully saturated rings. The summed E-state index contributed by atoms with van der Waals surface area (Å²) < 4.78 is 0. The number of para-hydroxylation sites is 1. The molecule has 0 amide bonds. The second kappa shape index (κ2) is 5.54. The smallest absolute Gasteiger partial charge is 0.0399 e. The molecule has 0 atom stereocenters. The Kier molecular flexibility index (Phi) is 3.79. The molecular weight excluding hydrogens is 232 g/mol. The van der Waals surface area contributed by atoms with Gasteiger partial charge in [0.15, 0.2) is 0 Å². The third kappa shape index (κ3) is 2.64. The van der Waals surface area contributed by atoms with E-state index in [4.69, 9.17) is 0 Å². The van der Waals surface area contributed by atoms with Crippen molar-refractivity contribution in [1.29, 1.82) is 0 Å². The SMILES string of the molecule is CNC1(CCN2CCc3ccccc32)CCCCC1. The first-order chi connectivity index (χ1) is 9.33. The van der Waals surface area contributed by atoms with Crippen molar-refractivity contribution in [3.05, 3.63) is 29.8 Å². The summed E-state index contributed by atoms with van der Waals surface area (Å²) in [4.78, 5) is 2.59. The normalized spacial score (nSPS) is 21.4. The van der Waals surface area contributed by atoms with Crippen LogP contribution in [0.25, 0.3) is 0 Å². The number of hydrogen-bond acceptors (Lipinski definition) is 2. The lowest BCUT2D eigenvalue weighted by Crippen LogP contribution is -2.47. The van der Waals surface area contributed by atoms with E-state index in [1.54, 1.807) is 0 Å². The fourth-order valence-corrected chi connectivity index (χ4v) is 3.84. The van der Waals surface area contributed by atoms with Gasteiger partial charge in [-0.2, -0.15) is 0 Å². The van der Waals surface area contributed by atoms with Gasteiger partial charge in [-0.3, -0.25) is 0 Å². The van der Waals surface area contributed by atoms with Crippen LogP contribution in [-0.4, -0.2) is 25.7 Å². The Labute approximate surface area is 117 Å². The Morgan fingerprint density at radius 1 is 1.16 bits per heavy atom. The van der Waals surface area contributed by atoms with Gasteiger partial charge in [-0.15, -0.1) is 0 Å². The van der Waals surface area contributed by atoms with Gasteiger partial charge < -0.3 is 10.2 Å². The summed E-state index contributed by atoms with van der Waals surface area (Å²) in [5, 5.41) is 3.64. The van der Waals surface area contributed by atoms with Crippen LogP contribution in [0.2, 0.25) is 0 Å². The molecule has 1 aromatic carbocycles. The Morgan fingerprint density at radius 2 is 1.95 bits per heavy atom. The highest BCUT2D eigenvalue weighted by molar-refractivity contribution is 5.57. The number of rotatable bonds is 4. The Morgan fingerprint density at radius 3 is 2.74 bits per heavy atom. The molecule has 1 heterocycles. The van der Waals surface area contributed by atoms with Gasteiger partial charge in [-0.05, 0) is 44.4 Å². The Hall–Kier alpha value is -1.02. The van der Waals surface area contributed by atoms with Crippen LogP contribution in [0, 0.1) is 0 Å². The standard InChI is InChI=1S/C17H26N2/c1-18-17(10-5-2-6-11-17)12-14-19-13-9-15-7-3-4-8-16(15)19/h3-4,7-8,18H,2,5-6,9-14H2,1H3. The van der Waals surface area contributed by atoms with Gasteiger partial charge in [0, 0.05) is 24.3 Å². The predicted octanol–water partition coefficient (Wildman–Crippen LogP) is 3.36. The lowest BCUT2D eigenvalue weighted by Gasteiger charge is -2.38. The summed E-state index contributed by atoms with van der Waals surface area (Å²) in [5.74, 6) is 0. The topological polar surface area (TPSA) is 15.3 Å². The Bertz CT molecular complexity index is 421. The van der Waals surface area contributed by atoms with Gasteiger partial charge in [-0.1, -0.05) is 37.5 Å². The average molecular weight is 258 g/mol. The van der Waals surface area contributed by atoms with E-state index in [2.05, 4.69) is 41.5 Å². The lowest BCUT2D eigenvalue weighted by molar-refractivity contribution is 0.232. The third-order valence-corrected chi connectivity index (χ3v) is 5.18. The molecule has 19 heavy (non-hydrogen) atoms. The molecule has 1 aliphatic heterocycles. The molecule has 1 aliphatic carbocycles. The second-order valence-electron chi connectivity index (χ2n) is 6.21. The van der Waals surface area contributed by atoms with Crippen molar-refractivity contribution in [3.63, 3.8) is 0 Å². The molecule has 1 N–H and O–H groups in total. The number of benzene rings is 1. The monoisotopic (exact) mass is 258 g/mol. The first-order valence-electron chi connectivity index (χ1n) is 7.85. The minimum absolute atomic E-state index is 0.412. The number of anilines is 1. The quantitative estimate of drug-likeness (QED) is 0.891. The molecule has 0 unspecified atom stereocenters. The van der Waals surface area contributed by atoms with Crippen LogP contribution < -0.4 is 10.2 Å². The van der Waals surface area contributed by atoms with Crippen LogP contribution in [0.3, 0.4) is 0 Å². The van der Waals surface area contributed by atoms with Crippen molar-refractivity contribution < 1.29 is 0 Å². The number of fused-ring (bicyclic) bond motifs is 1. The van der Waals surface area contributed by atoms with Crippen molar-refractivity contribution in [2.75, 3.05) is 25.0 Å². The van der Waals surface area contributed by atoms with Gasteiger partial charge in [0.1, 0.15) is 0 Å². The van der Waals surface area contributed by atoms with E-state index in [0.29, 0.717) is 5.54 Å². The predicted molar refractivity (Wildman–Crippen MR) is 81.9 cm³/mol. The van der Waals surface area contributed by atoms with Gasteiger partial charge in [0.05, 0.1) is 0 Å². The average Bonchev–Trinajstić information content (AvgIpc) is 2.89. The van der Waals surface area contributed by atoms with Crippen molar-refractivity contribution in [2.45, 2.75) is 50.5 Å². The summed E-state index contributed by atoms with van der Waals surface area (Å²) in [6, 6.07) is 8.91. The van der Waals surface area contributed by atoms with Gasteiger partial charge in [0.25, 0.3) is 0 Å². The summed E-state index contributed by atoms with van der Waals surface area (Å²) in [6.07, 6.45) is 9.46. The van der Waals surface area contributed by atoms with Crippen molar-refractivity contribution in [2.24, 2.45) is 0 Å². The fraction of sp³-hybridized carbons (Fsp3) is 0.647. The van der Waals surface area contributed by atoms with Crippen LogP contribution in [0.5, 0.6) is 0 Å². The minimum atomic E-state index is 0.412. The van der Waals surface area contributed by atoms with E-state index in [0.717, 1.165) is 0 Å². The van der Waals surface area contributed by atoms with Crippen LogP contribution in [0.15, 0.2) is 24.3 Å². The van der Waals surface area contributed by atoms with E-state index in [1.807, 2.05) is 0 Å². The van der Waals surface area contributed by atoms with Gasteiger partial charge >= 0.3 is 0 Å². The molecule has 0 radical (unpaired) electrons. The maximum absolute atomic E-state index is 3.64. The zero-order chi connectivity index (χ0) is 13.1. The molecule has 2 nitrogen and oxygen atoms in total. The van der Waals surface area contributed by atoms with Crippen LogP contribution in [-0.2, 0) is 6.42 Å². The Balaban J connectivity index is 1.63. The zero-order valence-electron chi connectivity index (χ0n) is 12.1. The highest BCUT2D eigenvalue weighted by Crippen LogP contribution is 2.33. The summed E-state index contributed by atoms with van der Waals surface area (Å²) in [6.45, 7) is 2.41. The minimum Gasteiger partial charge on any atom is -0.371 e. The van der Waals surface area contributed by atoms with E-state index in [-0.39, 0.29) is 0 Å². The lowest BCUT2D eigenvalue weighted by atomic mass is 9.79. The van der Waals surface area contributed by atoms with Crippen LogP contribution in [0.1, 0.15) is 44.1 Å². The fourth-order valence-electron chi connectivity index (χ4n) is 3.84. The molecule has 3 rings (SSSR count). The molecule has 1 aromatic rings. The van der Waals surface area contributed by atoms with Crippen molar-refractivity contribution in [1.82, 2.24) is 5.32 Å². The van der Waals surface area contributed by atoms with Crippen LogP contribution in [0.4, 0.5) is 5.69 Å². The number of hydrogen-bond donors (Lipinski definition) is 1. The molecule has 0 spiro atoms. The number of nitrogens with zero attached hydrogens (tertiary/aromatic N) is 1. The molecule has 104 valence electrons. The maximum atomic E-state index is 3.64. The van der Waals surface area contributed by atoms with Crippen LogP contribution >= 0.6 is 0 Å². The highest BCUT2D eigenvalue weighted by atomic mass is 15.1. The van der Waals surface area contributed by atoms with E-state index >= 15 is 0 Å². The number of nitrogens with one attached hydrogen (secondary N) is 1. The molecule has 0 bridgehead atoms. The molecule has 1 saturated carbocycles. The van der Waals surface area contributed by atoms with E-state index < -0.39 is 0 Å². The molecule has 2 heteroatoms. The molecule has 0 saturated heterocycles. The maximum Gasteiger partial charge on any atom is 0.0399 e. The largest absolute Gasteiger partial charge is 0.371 e. The molecule has 0 aromatic heterocycles. The summed E-state index contributed by atoms with van der Waals surface area (Å²) in [7, 11) is 2.16. The molecule has 2 aliphatic rings. The summed E-state index contributed by atoms with van der Waals surface area (Å²) >= 11 is 0. The zero-order valence-corrected chi connectivity index (χ0v) is 12.1. The molecular formula is C17H26N2. The van der Waals surface area contributed by atoms with Crippen molar-refractivity contribution >= 4 is 5.69 Å². The highest BCUT2D eigenvalue weighted by Gasteiger charge is 2.31. The first-order valence-corrected chi connectivity index (χ1v) is 7.85. The second-order valence-corrected chi connectivity index (χ2v) is 6.21. The van der Waals surface area contributed by atoms with Gasteiger partial charge in [0.2, 0.25) is 0 Å². The van der Waals surface area contributed by atoms with Crippen molar-refractivity contribution in [3.8, 4) is 0 Å². The van der Waals surface area contributed by atoms with Gasteiger partial charge in [-0.25, -0.2) is 0 Å². The third-order valence-electron chi connectivity index (χ3n) is 5.18. The first kappa shape index (κ1) is 13.0.